The predicted molar refractivity (Wildman–Crippen MR) is 75.8 cm³/mol. The summed E-state index contributed by atoms with van der Waals surface area (Å²) in [6.45, 7) is 6.53. The van der Waals surface area contributed by atoms with Gasteiger partial charge in [-0.25, -0.2) is 0 Å². The topological polar surface area (TPSA) is 80.3 Å². The van der Waals surface area contributed by atoms with E-state index in [0.717, 1.165) is 13.8 Å². The van der Waals surface area contributed by atoms with E-state index < -0.39 is 11.9 Å². The Hall–Kier alpha value is -0.261. The Kier molecular flexibility index (Phi) is 28.7. The van der Waals surface area contributed by atoms with Crippen LogP contribution in [-0.4, -0.2) is 33.1 Å². The molecule has 0 bridgehead atoms. The maximum absolute atomic E-state index is 8.89. The molecule has 0 saturated carbocycles. The molecule has 0 atom stereocenters. The SMILES string of the molecule is CC(=O)[O-].CC(=O)[O-].CCCC[CH2][Sn+2][CH2]CCCC. The Labute approximate surface area is 128 Å². The average molecular weight is 379 g/mol. The summed E-state index contributed by atoms with van der Waals surface area (Å²) in [7, 11) is 0. The molecule has 0 aromatic rings. The first kappa shape index (κ1) is 23.8. The van der Waals surface area contributed by atoms with E-state index in [2.05, 4.69) is 13.8 Å². The quantitative estimate of drug-likeness (QED) is 0.472. The van der Waals surface area contributed by atoms with Crippen molar-refractivity contribution in [2.75, 3.05) is 0 Å². The number of carboxylic acids is 2. The van der Waals surface area contributed by atoms with Crippen LogP contribution in [0.3, 0.4) is 0 Å². The standard InChI is InChI=1S/2C5H11.2C2H4O2.Sn/c2*1-3-5-4-2;2*1-2(3)4;/h2*1,3-5H2,2H3;2*1H3,(H,3,4);/q;;;;+2/p-2. The molecule has 4 nitrogen and oxygen atoms in total. The Bertz CT molecular complexity index is 168. The Morgan fingerprint density at radius 2 is 1.05 bits per heavy atom. The van der Waals surface area contributed by atoms with Gasteiger partial charge >= 0.3 is 82.4 Å². The Morgan fingerprint density at radius 1 is 0.789 bits per heavy atom. The van der Waals surface area contributed by atoms with Crippen LogP contribution in [0, 0.1) is 0 Å². The van der Waals surface area contributed by atoms with Gasteiger partial charge in [-0.15, -0.1) is 0 Å². The second-order valence-corrected chi connectivity index (χ2v) is 8.43. The average Bonchev–Trinajstić information content (AvgIpc) is 2.26. The van der Waals surface area contributed by atoms with E-state index in [1.165, 1.54) is 38.5 Å². The molecular formula is C14H28O4Sn. The van der Waals surface area contributed by atoms with Crippen molar-refractivity contribution >= 4 is 33.1 Å². The zero-order valence-electron chi connectivity index (χ0n) is 12.8. The predicted octanol–water partition coefficient (Wildman–Crippen LogP) is 1.42. The van der Waals surface area contributed by atoms with E-state index in [0.29, 0.717) is 0 Å². The molecule has 5 heteroatoms. The number of aliphatic carboxylic acids is 2. The summed E-state index contributed by atoms with van der Waals surface area (Å²) >= 11 is 0.124. The van der Waals surface area contributed by atoms with Gasteiger partial charge in [-0.1, -0.05) is 0 Å². The molecule has 0 fully saturated rings. The van der Waals surface area contributed by atoms with E-state index in [1.807, 2.05) is 0 Å². The van der Waals surface area contributed by atoms with Gasteiger partial charge in [0.1, 0.15) is 0 Å². The van der Waals surface area contributed by atoms with Gasteiger partial charge < -0.3 is 19.8 Å². The first-order chi connectivity index (χ1) is 8.88. The molecule has 0 aliphatic rings. The minimum absolute atomic E-state index is 0.124. The number of carboxylic acid groups (broad SMARTS) is 2. The zero-order valence-corrected chi connectivity index (χ0v) is 15.6. The number of hydrogen-bond donors (Lipinski definition) is 0. The molecule has 0 spiro atoms. The second kappa shape index (κ2) is 22.9. The summed E-state index contributed by atoms with van der Waals surface area (Å²) < 4.78 is 3.28. The van der Waals surface area contributed by atoms with E-state index in [1.54, 1.807) is 8.87 Å². The van der Waals surface area contributed by atoms with E-state index in [9.17, 15) is 0 Å². The van der Waals surface area contributed by atoms with Crippen molar-refractivity contribution in [3.8, 4) is 0 Å². The van der Waals surface area contributed by atoms with Crippen LogP contribution in [0.25, 0.3) is 0 Å². The molecule has 0 aromatic heterocycles. The summed E-state index contributed by atoms with van der Waals surface area (Å²) in [5, 5.41) is 17.8. The number of hydrogen-bond acceptors (Lipinski definition) is 4. The van der Waals surface area contributed by atoms with Crippen molar-refractivity contribution < 1.29 is 19.8 Å². The molecule has 0 saturated heterocycles. The number of unbranched alkanes of at least 4 members (excludes halogenated alkanes) is 4. The summed E-state index contributed by atoms with van der Waals surface area (Å²) in [5.74, 6) is -2.17. The van der Waals surface area contributed by atoms with Crippen molar-refractivity contribution in [1.29, 1.82) is 0 Å². The minimum atomic E-state index is -1.08. The fourth-order valence-corrected chi connectivity index (χ4v) is 4.69. The fourth-order valence-electron chi connectivity index (χ4n) is 1.12. The second-order valence-electron chi connectivity index (χ2n) is 4.15. The van der Waals surface area contributed by atoms with Crippen LogP contribution in [-0.2, 0) is 9.59 Å². The molecule has 0 unspecified atom stereocenters. The molecule has 19 heavy (non-hydrogen) atoms. The first-order valence-electron chi connectivity index (χ1n) is 6.94. The van der Waals surface area contributed by atoms with Crippen LogP contribution < -0.4 is 10.2 Å². The number of rotatable bonds is 8. The van der Waals surface area contributed by atoms with Gasteiger partial charge in [-0.3, -0.25) is 0 Å². The van der Waals surface area contributed by atoms with Crippen LogP contribution in [0.2, 0.25) is 8.87 Å². The van der Waals surface area contributed by atoms with Crippen LogP contribution >= 0.6 is 0 Å². The molecule has 0 aliphatic carbocycles. The van der Waals surface area contributed by atoms with Gasteiger partial charge in [-0.2, -0.15) is 0 Å². The van der Waals surface area contributed by atoms with Crippen molar-refractivity contribution in [2.24, 2.45) is 0 Å². The third kappa shape index (κ3) is 73.4. The van der Waals surface area contributed by atoms with Crippen LogP contribution in [0.4, 0.5) is 0 Å². The summed E-state index contributed by atoms with van der Waals surface area (Å²) in [5.41, 5.74) is 0. The summed E-state index contributed by atoms with van der Waals surface area (Å²) in [6, 6.07) is 0. The van der Waals surface area contributed by atoms with Crippen molar-refractivity contribution in [1.82, 2.24) is 0 Å². The van der Waals surface area contributed by atoms with Gasteiger partial charge in [0.15, 0.2) is 0 Å². The van der Waals surface area contributed by atoms with Gasteiger partial charge in [0, 0.05) is 11.9 Å². The van der Waals surface area contributed by atoms with E-state index in [4.69, 9.17) is 19.8 Å². The molecule has 112 valence electrons. The summed E-state index contributed by atoms with van der Waals surface area (Å²) in [4.78, 5) is 17.8. The number of carbonyl (C=O) groups excluding carboxylic acids is 2. The fraction of sp³-hybridized carbons (Fsp3) is 0.857. The maximum atomic E-state index is 8.89. The van der Waals surface area contributed by atoms with Gasteiger partial charge in [0.2, 0.25) is 0 Å². The Balaban J connectivity index is -0.000000264. The van der Waals surface area contributed by atoms with Crippen molar-refractivity contribution in [3.63, 3.8) is 0 Å². The third-order valence-electron chi connectivity index (χ3n) is 1.91. The monoisotopic (exact) mass is 380 g/mol. The van der Waals surface area contributed by atoms with Gasteiger partial charge in [0.05, 0.1) is 0 Å². The molecule has 0 rings (SSSR count). The molecule has 0 radical (unpaired) electrons. The molecule has 0 N–H and O–H groups in total. The normalized spacial score (nSPS) is 8.21. The molecular weight excluding hydrogens is 351 g/mol. The van der Waals surface area contributed by atoms with Crippen LogP contribution in [0.5, 0.6) is 0 Å². The summed E-state index contributed by atoms with van der Waals surface area (Å²) in [6.07, 6.45) is 8.83. The van der Waals surface area contributed by atoms with E-state index >= 15 is 0 Å². The zero-order chi connectivity index (χ0) is 15.5. The molecule has 0 amide bonds. The van der Waals surface area contributed by atoms with Gasteiger partial charge in [-0.05, 0) is 13.8 Å². The van der Waals surface area contributed by atoms with Crippen LogP contribution in [0.15, 0.2) is 0 Å². The molecule has 0 aromatic carbocycles. The van der Waals surface area contributed by atoms with Gasteiger partial charge in [0.25, 0.3) is 0 Å². The first-order valence-corrected chi connectivity index (χ1v) is 11.0. The third-order valence-corrected chi connectivity index (χ3v) is 5.95. The van der Waals surface area contributed by atoms with E-state index in [-0.39, 0.29) is 21.1 Å². The van der Waals surface area contributed by atoms with Crippen LogP contribution in [0.1, 0.15) is 66.2 Å². The Morgan fingerprint density at radius 3 is 1.26 bits per heavy atom. The van der Waals surface area contributed by atoms with Crippen molar-refractivity contribution in [2.45, 2.75) is 75.1 Å². The van der Waals surface area contributed by atoms with Crippen molar-refractivity contribution in [3.05, 3.63) is 0 Å². The molecule has 0 aliphatic heterocycles. The number of carbonyl (C=O) groups is 2. The molecule has 0 heterocycles.